The minimum Gasteiger partial charge on any atom is -0.317 e. The van der Waals surface area contributed by atoms with Crippen molar-refractivity contribution in [2.75, 3.05) is 7.05 Å². The Bertz CT molecular complexity index is 453. The first-order valence-corrected chi connectivity index (χ1v) is 10.00. The summed E-state index contributed by atoms with van der Waals surface area (Å²) in [6, 6.07) is 0.813. The van der Waals surface area contributed by atoms with Gasteiger partial charge in [0.05, 0.1) is 0 Å². The van der Waals surface area contributed by atoms with Gasteiger partial charge in [-0.2, -0.15) is 0 Å². The van der Waals surface area contributed by atoms with Gasteiger partial charge in [-0.1, -0.05) is 18.6 Å². The van der Waals surface area contributed by atoms with Gasteiger partial charge in [0.1, 0.15) is 0 Å². The molecule has 0 saturated heterocycles. The Kier molecular flexibility index (Phi) is 3.92. The summed E-state index contributed by atoms with van der Waals surface area (Å²) in [5, 5.41) is 3.56. The van der Waals surface area contributed by atoms with E-state index in [1.54, 1.807) is 12.0 Å². The Balaban J connectivity index is 1.54. The first-order valence-electron chi connectivity index (χ1n) is 10.00. The second-order valence-electron chi connectivity index (χ2n) is 9.04. The van der Waals surface area contributed by atoms with Gasteiger partial charge in [0.15, 0.2) is 0 Å². The van der Waals surface area contributed by atoms with Gasteiger partial charge in [0.25, 0.3) is 0 Å². The van der Waals surface area contributed by atoms with Crippen LogP contribution >= 0.6 is 0 Å². The van der Waals surface area contributed by atoms with Crippen LogP contribution in [0.25, 0.3) is 0 Å². The van der Waals surface area contributed by atoms with Crippen LogP contribution < -0.4 is 5.32 Å². The molecular weight excluding hydrogens is 266 g/mol. The highest BCUT2D eigenvalue weighted by atomic mass is 14.9. The van der Waals surface area contributed by atoms with Crippen LogP contribution in [0.5, 0.6) is 0 Å². The number of allylic oxidation sites excluding steroid dienone is 2. The van der Waals surface area contributed by atoms with Crippen molar-refractivity contribution >= 4 is 0 Å². The molecule has 1 nitrogen and oxygen atoms in total. The smallest absolute Gasteiger partial charge is 0.00669 e. The highest BCUT2D eigenvalue weighted by molar-refractivity contribution is 5.23. The van der Waals surface area contributed by atoms with Gasteiger partial charge in [0, 0.05) is 6.04 Å². The fraction of sp³-hybridized carbons (Fsp3) is 0.905. The van der Waals surface area contributed by atoms with Crippen molar-refractivity contribution in [3.8, 4) is 0 Å². The van der Waals surface area contributed by atoms with E-state index < -0.39 is 0 Å². The zero-order valence-electron chi connectivity index (χ0n) is 14.9. The van der Waals surface area contributed by atoms with Gasteiger partial charge in [-0.15, -0.1) is 0 Å². The first kappa shape index (κ1) is 15.2. The quantitative estimate of drug-likeness (QED) is 0.659. The number of rotatable bonds is 1. The predicted octanol–water partition coefficient (Wildman–Crippen LogP) is 5.17. The summed E-state index contributed by atoms with van der Waals surface area (Å²) >= 11 is 0. The molecule has 4 aliphatic rings. The summed E-state index contributed by atoms with van der Waals surface area (Å²) in [5.41, 5.74) is 2.38. The molecule has 124 valence electrons. The van der Waals surface area contributed by atoms with Crippen molar-refractivity contribution in [2.24, 2.45) is 35.0 Å². The molecule has 1 heteroatoms. The topological polar surface area (TPSA) is 12.0 Å². The van der Waals surface area contributed by atoms with E-state index in [1.807, 2.05) is 0 Å². The highest BCUT2D eigenvalue weighted by Gasteiger charge is 2.54. The second kappa shape index (κ2) is 5.65. The largest absolute Gasteiger partial charge is 0.317 e. The predicted molar refractivity (Wildman–Crippen MR) is 93.7 cm³/mol. The molecule has 0 aliphatic heterocycles. The summed E-state index contributed by atoms with van der Waals surface area (Å²) < 4.78 is 0. The molecule has 1 N–H and O–H groups in total. The lowest BCUT2D eigenvalue weighted by molar-refractivity contribution is -0.0443. The average Bonchev–Trinajstić information content (AvgIpc) is 2.90. The highest BCUT2D eigenvalue weighted by Crippen LogP contribution is 2.63. The van der Waals surface area contributed by atoms with Crippen LogP contribution in [0.15, 0.2) is 11.6 Å². The molecule has 4 aliphatic carbocycles. The van der Waals surface area contributed by atoms with Crippen LogP contribution in [0.3, 0.4) is 0 Å². The molecule has 0 aromatic heterocycles. The summed E-state index contributed by atoms with van der Waals surface area (Å²) in [6.07, 6.45) is 15.8. The van der Waals surface area contributed by atoms with E-state index in [4.69, 9.17) is 0 Å². The molecule has 0 unspecified atom stereocenters. The fourth-order valence-corrected chi connectivity index (χ4v) is 7.44. The molecular formula is C21H35N. The summed E-state index contributed by atoms with van der Waals surface area (Å²) in [7, 11) is 2.17. The van der Waals surface area contributed by atoms with Crippen LogP contribution in [0.2, 0.25) is 0 Å². The standard InChI is InChI=1S/C21H35N/c1-4-15-6-10-20-19-8-5-14-13-16(22-3)7-9-17(14)18(19)11-12-21(15,20)2/h4,14,16-20,22H,5-13H2,1-3H3/t14-,16-,17+,18-,19-,20+,21-/m1/s1. The molecule has 4 rings (SSSR count). The van der Waals surface area contributed by atoms with E-state index in [1.165, 1.54) is 51.4 Å². The Hall–Kier alpha value is -0.300. The van der Waals surface area contributed by atoms with Crippen molar-refractivity contribution in [3.05, 3.63) is 11.6 Å². The van der Waals surface area contributed by atoms with Crippen LogP contribution in [-0.2, 0) is 0 Å². The van der Waals surface area contributed by atoms with Crippen LogP contribution in [-0.4, -0.2) is 13.1 Å². The van der Waals surface area contributed by atoms with E-state index in [0.29, 0.717) is 5.41 Å². The van der Waals surface area contributed by atoms with Crippen LogP contribution in [0.1, 0.15) is 71.6 Å². The zero-order chi connectivity index (χ0) is 15.3. The normalized spacial score (nSPS) is 53.0. The van der Waals surface area contributed by atoms with E-state index in [2.05, 4.69) is 32.3 Å². The lowest BCUT2D eigenvalue weighted by Gasteiger charge is -2.55. The molecule has 0 aromatic rings. The van der Waals surface area contributed by atoms with Gasteiger partial charge in [0.2, 0.25) is 0 Å². The maximum atomic E-state index is 3.56. The summed E-state index contributed by atoms with van der Waals surface area (Å²) in [5.74, 6) is 5.26. The van der Waals surface area contributed by atoms with Gasteiger partial charge in [-0.05, 0) is 107 Å². The maximum Gasteiger partial charge on any atom is 0.00669 e. The molecule has 0 spiro atoms. The minimum atomic E-state index is 0.574. The fourth-order valence-electron chi connectivity index (χ4n) is 7.44. The zero-order valence-corrected chi connectivity index (χ0v) is 14.9. The molecule has 4 saturated carbocycles. The van der Waals surface area contributed by atoms with Crippen molar-refractivity contribution in [1.82, 2.24) is 5.32 Å². The monoisotopic (exact) mass is 301 g/mol. The molecule has 7 atom stereocenters. The Morgan fingerprint density at radius 2 is 1.82 bits per heavy atom. The van der Waals surface area contributed by atoms with Crippen LogP contribution in [0, 0.1) is 35.0 Å². The third-order valence-electron chi connectivity index (χ3n) is 8.56. The third-order valence-corrected chi connectivity index (χ3v) is 8.56. The van der Waals surface area contributed by atoms with Gasteiger partial charge < -0.3 is 5.32 Å². The Morgan fingerprint density at radius 3 is 2.59 bits per heavy atom. The molecule has 4 fully saturated rings. The lowest BCUT2D eigenvalue weighted by Crippen LogP contribution is -2.49. The summed E-state index contributed by atoms with van der Waals surface area (Å²) in [6.45, 7) is 4.89. The molecule has 0 bridgehead atoms. The number of hydrogen-bond acceptors (Lipinski definition) is 1. The van der Waals surface area contributed by atoms with E-state index in [-0.39, 0.29) is 0 Å². The molecule has 0 aromatic carbocycles. The molecule has 0 amide bonds. The Morgan fingerprint density at radius 1 is 1.00 bits per heavy atom. The number of hydrogen-bond donors (Lipinski definition) is 1. The van der Waals surface area contributed by atoms with Crippen molar-refractivity contribution in [1.29, 1.82) is 0 Å². The van der Waals surface area contributed by atoms with E-state index in [0.717, 1.165) is 35.6 Å². The van der Waals surface area contributed by atoms with Gasteiger partial charge in [-0.25, -0.2) is 0 Å². The summed E-state index contributed by atoms with van der Waals surface area (Å²) in [4.78, 5) is 0. The van der Waals surface area contributed by atoms with E-state index in [9.17, 15) is 0 Å². The van der Waals surface area contributed by atoms with Crippen molar-refractivity contribution in [3.63, 3.8) is 0 Å². The minimum absolute atomic E-state index is 0.574. The molecule has 0 radical (unpaired) electrons. The van der Waals surface area contributed by atoms with Gasteiger partial charge in [-0.3, -0.25) is 0 Å². The molecule has 0 heterocycles. The number of nitrogens with one attached hydrogen (secondary N) is 1. The average molecular weight is 302 g/mol. The van der Waals surface area contributed by atoms with Crippen molar-refractivity contribution in [2.45, 2.75) is 77.7 Å². The van der Waals surface area contributed by atoms with E-state index >= 15 is 0 Å². The van der Waals surface area contributed by atoms with Crippen molar-refractivity contribution < 1.29 is 0 Å². The number of fused-ring (bicyclic) bond motifs is 5. The Labute approximate surface area is 137 Å². The SMILES string of the molecule is CC=C1CC[C@H]2[C@@H]3CC[C@@H]4C[C@H](NC)CC[C@@H]4[C@H]3CC[C@]12C. The van der Waals surface area contributed by atoms with Crippen LogP contribution in [0.4, 0.5) is 0 Å². The first-order chi connectivity index (χ1) is 10.7. The molecule has 22 heavy (non-hydrogen) atoms. The van der Waals surface area contributed by atoms with Gasteiger partial charge >= 0.3 is 0 Å². The maximum absolute atomic E-state index is 3.56. The second-order valence-corrected chi connectivity index (χ2v) is 9.04. The lowest BCUT2D eigenvalue weighted by atomic mass is 9.50. The third kappa shape index (κ3) is 2.14.